The fourth-order valence-electron chi connectivity index (χ4n) is 3.05. The molecule has 0 saturated carbocycles. The van der Waals surface area contributed by atoms with Crippen LogP contribution in [0.15, 0.2) is 70.1 Å². The summed E-state index contributed by atoms with van der Waals surface area (Å²) < 4.78 is 109. The fraction of sp³-hybridized carbons (Fsp3) is 0.125. The zero-order valence-electron chi connectivity index (χ0n) is 17.7. The molecule has 0 aromatic heterocycles. The van der Waals surface area contributed by atoms with Crippen LogP contribution in [0, 0.1) is 29.1 Å². The molecule has 2 nitrogen and oxygen atoms in total. The van der Waals surface area contributed by atoms with Crippen LogP contribution in [0.25, 0.3) is 0 Å². The molecule has 0 saturated heterocycles. The molecule has 0 radical (unpaired) electrons. The predicted molar refractivity (Wildman–Crippen MR) is 114 cm³/mol. The minimum atomic E-state index is -4.66. The van der Waals surface area contributed by atoms with E-state index in [2.05, 4.69) is 5.32 Å². The van der Waals surface area contributed by atoms with Crippen LogP contribution in [-0.2, 0) is 12.7 Å². The number of nitrogens with one attached hydrogen (secondary N) is 1. The van der Waals surface area contributed by atoms with Gasteiger partial charge in [-0.25, -0.2) is 22.0 Å². The van der Waals surface area contributed by atoms with E-state index >= 15 is 0 Å². The van der Waals surface area contributed by atoms with Crippen molar-refractivity contribution in [1.82, 2.24) is 5.32 Å². The van der Waals surface area contributed by atoms with Gasteiger partial charge in [0.25, 0.3) is 0 Å². The molecular formula is C24H15F8NOS. The van der Waals surface area contributed by atoms with E-state index in [0.717, 1.165) is 6.07 Å². The highest BCUT2D eigenvalue weighted by atomic mass is 32.2. The lowest BCUT2D eigenvalue weighted by atomic mass is 10.1. The SMILES string of the molecule is C/C(NCc1ccccc1C(F)(F)F)=C(\Sc1c(F)c(F)c(F)c(F)c1F)C(=O)c1ccccc1. The third kappa shape index (κ3) is 5.67. The van der Waals surface area contributed by atoms with E-state index in [4.69, 9.17) is 0 Å². The number of thioether (sulfide) groups is 1. The molecule has 0 spiro atoms. The number of alkyl halides is 3. The zero-order valence-corrected chi connectivity index (χ0v) is 18.6. The summed E-state index contributed by atoms with van der Waals surface area (Å²) in [6, 6.07) is 11.9. The molecule has 0 aliphatic rings. The van der Waals surface area contributed by atoms with Gasteiger partial charge in [0.15, 0.2) is 23.3 Å². The summed E-state index contributed by atoms with van der Waals surface area (Å²) in [4.78, 5) is 11.3. The maximum absolute atomic E-state index is 14.3. The van der Waals surface area contributed by atoms with Gasteiger partial charge in [0.2, 0.25) is 11.6 Å². The summed E-state index contributed by atoms with van der Waals surface area (Å²) in [6.45, 7) is 0.802. The van der Waals surface area contributed by atoms with Crippen LogP contribution in [0.2, 0.25) is 0 Å². The Morgan fingerprint density at radius 2 is 1.31 bits per heavy atom. The van der Waals surface area contributed by atoms with Crippen molar-refractivity contribution in [1.29, 1.82) is 0 Å². The van der Waals surface area contributed by atoms with E-state index in [0.29, 0.717) is 0 Å². The van der Waals surface area contributed by atoms with Gasteiger partial charge in [0, 0.05) is 17.8 Å². The van der Waals surface area contributed by atoms with Crippen LogP contribution in [0.3, 0.4) is 0 Å². The molecule has 0 amide bonds. The number of hydrogen-bond acceptors (Lipinski definition) is 3. The van der Waals surface area contributed by atoms with Crippen LogP contribution in [0.1, 0.15) is 28.4 Å². The minimum Gasteiger partial charge on any atom is -0.383 e. The molecule has 0 heterocycles. The fourth-order valence-corrected chi connectivity index (χ4v) is 4.05. The highest BCUT2D eigenvalue weighted by molar-refractivity contribution is 8.04. The van der Waals surface area contributed by atoms with Gasteiger partial charge >= 0.3 is 6.18 Å². The summed E-state index contributed by atoms with van der Waals surface area (Å²) in [5.41, 5.74) is -1.24. The molecular weight excluding hydrogens is 502 g/mol. The van der Waals surface area contributed by atoms with Crippen molar-refractivity contribution < 1.29 is 39.9 Å². The molecule has 1 N–H and O–H groups in total. The molecule has 184 valence electrons. The Balaban J connectivity index is 2.06. The molecule has 3 rings (SSSR count). The Hall–Kier alpha value is -3.34. The van der Waals surface area contributed by atoms with E-state index in [9.17, 15) is 39.9 Å². The van der Waals surface area contributed by atoms with Crippen molar-refractivity contribution in [2.45, 2.75) is 24.5 Å². The van der Waals surface area contributed by atoms with Crippen molar-refractivity contribution in [2.24, 2.45) is 0 Å². The molecule has 0 fully saturated rings. The van der Waals surface area contributed by atoms with Gasteiger partial charge < -0.3 is 5.32 Å². The van der Waals surface area contributed by atoms with Crippen molar-refractivity contribution in [3.8, 4) is 0 Å². The number of benzene rings is 3. The normalized spacial score (nSPS) is 12.4. The molecule has 3 aromatic carbocycles. The lowest BCUT2D eigenvalue weighted by molar-refractivity contribution is -0.138. The van der Waals surface area contributed by atoms with Gasteiger partial charge in [0.1, 0.15) is 0 Å². The van der Waals surface area contributed by atoms with E-state index in [1.165, 1.54) is 49.4 Å². The first kappa shape index (κ1) is 26.3. The molecule has 0 aliphatic heterocycles. The summed E-state index contributed by atoms with van der Waals surface area (Å²) in [7, 11) is 0. The van der Waals surface area contributed by atoms with Crippen molar-refractivity contribution in [2.75, 3.05) is 0 Å². The van der Waals surface area contributed by atoms with Gasteiger partial charge in [-0.1, -0.05) is 60.3 Å². The maximum atomic E-state index is 14.3. The summed E-state index contributed by atoms with van der Waals surface area (Å²) in [6.07, 6.45) is -4.66. The first-order valence-electron chi connectivity index (χ1n) is 9.82. The number of carbonyl (C=O) groups is 1. The first-order valence-corrected chi connectivity index (χ1v) is 10.6. The first-order chi connectivity index (χ1) is 16.4. The average molecular weight is 517 g/mol. The molecule has 3 aromatic rings. The standard InChI is InChI=1S/C24H15F8NOS/c1-12(33-11-14-9-5-6-10-15(14)24(30,31)32)22(21(34)13-7-3-2-4-8-13)35-23-19(28)17(26)16(25)18(27)20(23)29/h2-10,33H,11H2,1H3/b22-12+. The number of halogens is 8. The molecule has 35 heavy (non-hydrogen) atoms. The second-order valence-corrected chi connectivity index (χ2v) is 8.18. The van der Waals surface area contributed by atoms with E-state index < -0.39 is 63.0 Å². The van der Waals surface area contributed by atoms with Gasteiger partial charge in [0.05, 0.1) is 15.4 Å². The monoisotopic (exact) mass is 517 g/mol. The van der Waals surface area contributed by atoms with Crippen molar-refractivity contribution >= 4 is 17.5 Å². The highest BCUT2D eigenvalue weighted by Gasteiger charge is 2.33. The minimum absolute atomic E-state index is 0.0164. The van der Waals surface area contributed by atoms with Crippen LogP contribution < -0.4 is 5.32 Å². The van der Waals surface area contributed by atoms with E-state index in [1.807, 2.05) is 0 Å². The molecule has 0 atom stereocenters. The Morgan fingerprint density at radius 1 is 0.800 bits per heavy atom. The van der Waals surface area contributed by atoms with Gasteiger partial charge in [-0.05, 0) is 18.6 Å². The Morgan fingerprint density at radius 3 is 1.89 bits per heavy atom. The summed E-state index contributed by atoms with van der Waals surface area (Å²) >= 11 is -0.0164. The van der Waals surface area contributed by atoms with E-state index in [-0.39, 0.29) is 28.6 Å². The molecule has 0 aliphatic carbocycles. The maximum Gasteiger partial charge on any atom is 0.416 e. The third-order valence-corrected chi connectivity index (χ3v) is 6.08. The smallest absolute Gasteiger partial charge is 0.383 e. The topological polar surface area (TPSA) is 29.1 Å². The lowest BCUT2D eigenvalue weighted by Crippen LogP contribution is -2.19. The van der Waals surface area contributed by atoms with Gasteiger partial charge in [-0.3, -0.25) is 4.79 Å². The largest absolute Gasteiger partial charge is 0.416 e. The van der Waals surface area contributed by atoms with Crippen LogP contribution in [0.4, 0.5) is 35.1 Å². The number of Topliss-reactive ketones (excluding diaryl/α,β-unsaturated/α-hetero) is 1. The second-order valence-electron chi connectivity index (χ2n) is 7.16. The molecule has 11 heteroatoms. The van der Waals surface area contributed by atoms with Gasteiger partial charge in [-0.2, -0.15) is 13.2 Å². The van der Waals surface area contributed by atoms with Crippen molar-refractivity contribution in [3.63, 3.8) is 0 Å². The number of rotatable bonds is 7. The predicted octanol–water partition coefficient (Wildman–Crippen LogP) is 7.40. The third-order valence-electron chi connectivity index (χ3n) is 4.82. The van der Waals surface area contributed by atoms with Crippen LogP contribution >= 0.6 is 11.8 Å². The van der Waals surface area contributed by atoms with Crippen LogP contribution in [0.5, 0.6) is 0 Å². The van der Waals surface area contributed by atoms with Crippen molar-refractivity contribution in [3.05, 3.63) is 111 Å². The zero-order chi connectivity index (χ0) is 25.9. The second kappa shape index (κ2) is 10.5. The number of ketones is 1. The number of allylic oxidation sites excluding steroid dienone is 2. The van der Waals surface area contributed by atoms with E-state index in [1.54, 1.807) is 6.07 Å². The summed E-state index contributed by atoms with van der Waals surface area (Å²) in [5.74, 6) is -11.9. The lowest BCUT2D eigenvalue weighted by Gasteiger charge is -2.17. The Kier molecular flexibility index (Phi) is 7.89. The summed E-state index contributed by atoms with van der Waals surface area (Å²) in [5, 5.41) is 2.59. The number of hydrogen-bond donors (Lipinski definition) is 1. The molecule has 0 unspecified atom stereocenters. The molecule has 0 bridgehead atoms. The quantitative estimate of drug-likeness (QED) is 0.0885. The highest BCUT2D eigenvalue weighted by Crippen LogP contribution is 2.38. The average Bonchev–Trinajstić information content (AvgIpc) is 2.84. The Labute approximate surface area is 198 Å². The Bertz CT molecular complexity index is 1260. The number of carbonyl (C=O) groups excluding carboxylic acids is 1. The van der Waals surface area contributed by atoms with Crippen LogP contribution in [-0.4, -0.2) is 5.78 Å². The van der Waals surface area contributed by atoms with Gasteiger partial charge in [-0.15, -0.1) is 0 Å².